The Bertz CT molecular complexity index is 617. The van der Waals surface area contributed by atoms with E-state index in [-0.39, 0.29) is 30.4 Å². The predicted molar refractivity (Wildman–Crippen MR) is 101 cm³/mol. The summed E-state index contributed by atoms with van der Waals surface area (Å²) in [5, 5.41) is 3.20. The van der Waals surface area contributed by atoms with Crippen LogP contribution in [0.15, 0.2) is 24.3 Å². The highest BCUT2D eigenvalue weighted by Crippen LogP contribution is 2.24. The third kappa shape index (κ3) is 5.23. The monoisotopic (exact) mass is 358 g/mol. The maximum Gasteiger partial charge on any atom is 0.260 e. The second-order valence-electron chi connectivity index (χ2n) is 7.60. The SMILES string of the molecule is Cc1cccc(OCC(=O)N2CCC(NC(=O)C3CCCCC3)CC2)c1. The van der Waals surface area contributed by atoms with E-state index in [0.717, 1.165) is 37.0 Å². The molecule has 26 heavy (non-hydrogen) atoms. The van der Waals surface area contributed by atoms with E-state index in [9.17, 15) is 9.59 Å². The lowest BCUT2D eigenvalue weighted by atomic mass is 9.88. The summed E-state index contributed by atoms with van der Waals surface area (Å²) in [4.78, 5) is 26.5. The van der Waals surface area contributed by atoms with Crippen LogP contribution in [0, 0.1) is 12.8 Å². The van der Waals surface area contributed by atoms with Gasteiger partial charge in [0.05, 0.1) is 0 Å². The molecule has 2 fully saturated rings. The van der Waals surface area contributed by atoms with Crippen LogP contribution in [0.4, 0.5) is 0 Å². The molecule has 2 amide bonds. The predicted octanol–water partition coefficient (Wildman–Crippen LogP) is 3.06. The third-order valence-electron chi connectivity index (χ3n) is 5.52. The molecule has 0 atom stereocenters. The summed E-state index contributed by atoms with van der Waals surface area (Å²) in [5.74, 6) is 1.17. The van der Waals surface area contributed by atoms with Crippen molar-refractivity contribution >= 4 is 11.8 Å². The molecule has 1 aromatic carbocycles. The van der Waals surface area contributed by atoms with Crippen molar-refractivity contribution in [2.24, 2.45) is 5.92 Å². The lowest BCUT2D eigenvalue weighted by molar-refractivity contribution is -0.134. The molecule has 2 aliphatic rings. The van der Waals surface area contributed by atoms with Gasteiger partial charge in [-0.25, -0.2) is 0 Å². The number of hydrogen-bond acceptors (Lipinski definition) is 3. The van der Waals surface area contributed by atoms with Crippen molar-refractivity contribution in [3.8, 4) is 5.75 Å². The number of ether oxygens (including phenoxy) is 1. The van der Waals surface area contributed by atoms with Crippen LogP contribution in [0.3, 0.4) is 0 Å². The van der Waals surface area contributed by atoms with Gasteiger partial charge in [-0.15, -0.1) is 0 Å². The molecule has 5 nitrogen and oxygen atoms in total. The quantitative estimate of drug-likeness (QED) is 0.880. The van der Waals surface area contributed by atoms with E-state index in [1.54, 1.807) is 0 Å². The van der Waals surface area contributed by atoms with Crippen LogP contribution in [0.1, 0.15) is 50.5 Å². The first-order chi connectivity index (χ1) is 12.6. The number of carbonyl (C=O) groups is 2. The zero-order valence-electron chi connectivity index (χ0n) is 15.7. The molecule has 1 aliphatic carbocycles. The van der Waals surface area contributed by atoms with Crippen LogP contribution in [0.2, 0.25) is 0 Å². The third-order valence-corrected chi connectivity index (χ3v) is 5.52. The lowest BCUT2D eigenvalue weighted by Gasteiger charge is -2.33. The number of amides is 2. The number of benzene rings is 1. The molecule has 1 heterocycles. The number of nitrogens with one attached hydrogen (secondary N) is 1. The Morgan fingerprint density at radius 3 is 2.54 bits per heavy atom. The van der Waals surface area contributed by atoms with Gasteiger partial charge in [0, 0.05) is 25.0 Å². The van der Waals surface area contributed by atoms with Gasteiger partial charge in [0.25, 0.3) is 5.91 Å². The van der Waals surface area contributed by atoms with Crippen molar-refractivity contribution < 1.29 is 14.3 Å². The van der Waals surface area contributed by atoms with Gasteiger partial charge >= 0.3 is 0 Å². The molecule has 1 saturated carbocycles. The highest BCUT2D eigenvalue weighted by atomic mass is 16.5. The molecule has 1 saturated heterocycles. The van der Waals surface area contributed by atoms with Crippen molar-refractivity contribution in [3.05, 3.63) is 29.8 Å². The Hall–Kier alpha value is -2.04. The highest BCUT2D eigenvalue weighted by Gasteiger charge is 2.27. The van der Waals surface area contributed by atoms with E-state index in [1.165, 1.54) is 19.3 Å². The van der Waals surface area contributed by atoms with Crippen molar-refractivity contribution in [2.75, 3.05) is 19.7 Å². The van der Waals surface area contributed by atoms with Crippen molar-refractivity contribution in [3.63, 3.8) is 0 Å². The highest BCUT2D eigenvalue weighted by molar-refractivity contribution is 5.79. The Morgan fingerprint density at radius 1 is 1.12 bits per heavy atom. The van der Waals surface area contributed by atoms with Crippen molar-refractivity contribution in [1.82, 2.24) is 10.2 Å². The number of rotatable bonds is 5. The number of likely N-dealkylation sites (tertiary alicyclic amines) is 1. The topological polar surface area (TPSA) is 58.6 Å². The minimum absolute atomic E-state index is 0.0172. The summed E-state index contributed by atoms with van der Waals surface area (Å²) < 4.78 is 5.61. The fourth-order valence-electron chi connectivity index (χ4n) is 3.90. The van der Waals surface area contributed by atoms with E-state index in [1.807, 2.05) is 36.1 Å². The molecule has 142 valence electrons. The van der Waals surface area contributed by atoms with Gasteiger partial charge in [-0.1, -0.05) is 31.4 Å². The number of aryl methyl sites for hydroxylation is 1. The maximum absolute atomic E-state index is 12.4. The first-order valence-electron chi connectivity index (χ1n) is 9.89. The standard InChI is InChI=1S/C21H30N2O3/c1-16-6-5-9-19(14-16)26-15-20(24)23-12-10-18(11-13-23)22-21(25)17-7-3-2-4-8-17/h5-6,9,14,17-18H,2-4,7-8,10-13,15H2,1H3,(H,22,25). The minimum atomic E-state index is 0.0172. The van der Waals surface area contributed by atoms with Crippen molar-refractivity contribution in [1.29, 1.82) is 0 Å². The lowest BCUT2D eigenvalue weighted by Crippen LogP contribution is -2.48. The fraction of sp³-hybridized carbons (Fsp3) is 0.619. The van der Waals surface area contributed by atoms with E-state index in [0.29, 0.717) is 13.1 Å². The first kappa shape index (κ1) is 18.7. The number of carbonyl (C=O) groups excluding carboxylic acids is 2. The summed E-state index contributed by atoms with van der Waals surface area (Å²) in [5.41, 5.74) is 1.12. The average molecular weight is 358 g/mol. The second kappa shape index (κ2) is 9.06. The molecule has 0 unspecified atom stereocenters. The second-order valence-corrected chi connectivity index (χ2v) is 7.60. The molecule has 5 heteroatoms. The Morgan fingerprint density at radius 2 is 1.85 bits per heavy atom. The molecule has 0 radical (unpaired) electrons. The Balaban J connectivity index is 1.38. The number of piperidine rings is 1. The van der Waals surface area contributed by atoms with E-state index >= 15 is 0 Å². The summed E-state index contributed by atoms with van der Waals surface area (Å²) in [6.07, 6.45) is 7.31. The molecular weight excluding hydrogens is 328 g/mol. The van der Waals surface area contributed by atoms with E-state index in [4.69, 9.17) is 4.74 Å². The van der Waals surface area contributed by atoms with Crippen molar-refractivity contribution in [2.45, 2.75) is 57.9 Å². The van der Waals surface area contributed by atoms with Gasteiger partial charge in [0.2, 0.25) is 5.91 Å². The summed E-state index contributed by atoms with van der Waals surface area (Å²) in [7, 11) is 0. The van der Waals surface area contributed by atoms with E-state index < -0.39 is 0 Å². The Labute approximate surface area is 156 Å². The zero-order valence-corrected chi connectivity index (χ0v) is 15.7. The zero-order chi connectivity index (χ0) is 18.4. The van der Waals surface area contributed by atoms with Crippen LogP contribution in [-0.4, -0.2) is 42.5 Å². The van der Waals surface area contributed by atoms with Gasteiger partial charge < -0.3 is 15.0 Å². The van der Waals surface area contributed by atoms with Crippen LogP contribution in [0.5, 0.6) is 5.75 Å². The van der Waals surface area contributed by atoms with Gasteiger partial charge in [-0.3, -0.25) is 9.59 Å². The Kier molecular flexibility index (Phi) is 6.53. The fourth-order valence-corrected chi connectivity index (χ4v) is 3.90. The van der Waals surface area contributed by atoms with Gasteiger partial charge in [-0.2, -0.15) is 0 Å². The molecule has 1 aliphatic heterocycles. The minimum Gasteiger partial charge on any atom is -0.484 e. The van der Waals surface area contributed by atoms with Crippen LogP contribution < -0.4 is 10.1 Å². The normalized spacial score (nSPS) is 19.2. The van der Waals surface area contributed by atoms with Crippen LogP contribution >= 0.6 is 0 Å². The summed E-state index contributed by atoms with van der Waals surface area (Å²) in [6, 6.07) is 7.93. The molecule has 0 bridgehead atoms. The number of hydrogen-bond donors (Lipinski definition) is 1. The molecule has 1 N–H and O–H groups in total. The number of nitrogens with zero attached hydrogens (tertiary/aromatic N) is 1. The van der Waals surface area contributed by atoms with E-state index in [2.05, 4.69) is 5.32 Å². The molecule has 1 aromatic rings. The maximum atomic E-state index is 12.4. The molecular formula is C21H30N2O3. The summed E-state index contributed by atoms with van der Waals surface area (Å²) in [6.45, 7) is 3.45. The largest absolute Gasteiger partial charge is 0.484 e. The smallest absolute Gasteiger partial charge is 0.260 e. The van der Waals surface area contributed by atoms with Gasteiger partial charge in [0.1, 0.15) is 5.75 Å². The van der Waals surface area contributed by atoms with Crippen LogP contribution in [-0.2, 0) is 9.59 Å². The van der Waals surface area contributed by atoms with Gasteiger partial charge in [-0.05, 0) is 50.3 Å². The molecule has 3 rings (SSSR count). The summed E-state index contributed by atoms with van der Waals surface area (Å²) >= 11 is 0. The molecule has 0 spiro atoms. The van der Waals surface area contributed by atoms with Crippen LogP contribution in [0.25, 0.3) is 0 Å². The first-order valence-corrected chi connectivity index (χ1v) is 9.89. The average Bonchev–Trinajstić information content (AvgIpc) is 2.67. The van der Waals surface area contributed by atoms with Gasteiger partial charge in [0.15, 0.2) is 6.61 Å². The molecule has 0 aromatic heterocycles.